The summed E-state index contributed by atoms with van der Waals surface area (Å²) in [6.45, 7) is 0. The monoisotopic (exact) mass is 662 g/mol. The number of aromatic nitrogens is 2. The van der Waals surface area contributed by atoms with Crippen molar-refractivity contribution in [3.63, 3.8) is 0 Å². The molecule has 0 radical (unpaired) electrons. The van der Waals surface area contributed by atoms with Gasteiger partial charge < -0.3 is 4.42 Å². The lowest BCUT2D eigenvalue weighted by Gasteiger charge is -2.34. The highest BCUT2D eigenvalue weighted by Gasteiger charge is 2.46. The minimum Gasteiger partial charge on any atom is -0.456 e. The fourth-order valence-corrected chi connectivity index (χ4v) is 8.66. The van der Waals surface area contributed by atoms with E-state index in [4.69, 9.17) is 14.4 Å². The molecule has 0 N–H and O–H groups in total. The Hall–Kier alpha value is -6.84. The second-order valence-electron chi connectivity index (χ2n) is 13.7. The summed E-state index contributed by atoms with van der Waals surface area (Å²) in [5, 5.41) is 5.58. The third-order valence-corrected chi connectivity index (χ3v) is 11.0. The zero-order valence-electron chi connectivity index (χ0n) is 28.1. The molecule has 0 amide bonds. The Morgan fingerprint density at radius 3 is 1.83 bits per heavy atom. The molecule has 3 nitrogen and oxygen atoms in total. The quantitative estimate of drug-likeness (QED) is 0.176. The highest BCUT2D eigenvalue weighted by molar-refractivity contribution is 6.10. The van der Waals surface area contributed by atoms with Crippen molar-refractivity contribution in [3.8, 4) is 33.8 Å². The lowest BCUT2D eigenvalue weighted by molar-refractivity contribution is 0.668. The average Bonchev–Trinajstić information content (AvgIpc) is 3.74. The van der Waals surface area contributed by atoms with E-state index in [9.17, 15) is 0 Å². The van der Waals surface area contributed by atoms with Gasteiger partial charge in [-0.05, 0) is 63.0 Å². The van der Waals surface area contributed by atoms with Gasteiger partial charge in [0.2, 0.25) is 0 Å². The molecular weight excluding hydrogens is 633 g/mol. The van der Waals surface area contributed by atoms with E-state index >= 15 is 0 Å². The third kappa shape index (κ3) is 4.08. The van der Waals surface area contributed by atoms with E-state index in [0.29, 0.717) is 5.82 Å². The lowest BCUT2D eigenvalue weighted by Crippen LogP contribution is -2.28. The summed E-state index contributed by atoms with van der Waals surface area (Å²) >= 11 is 0. The molecule has 2 heterocycles. The zero-order chi connectivity index (χ0) is 34.2. The summed E-state index contributed by atoms with van der Waals surface area (Å²) in [6.07, 6.45) is 0. The summed E-state index contributed by atoms with van der Waals surface area (Å²) in [6, 6.07) is 65.0. The molecule has 242 valence electrons. The van der Waals surface area contributed by atoms with Gasteiger partial charge in [-0.2, -0.15) is 0 Å². The minimum atomic E-state index is -0.548. The second-order valence-corrected chi connectivity index (χ2v) is 13.7. The number of furan rings is 1. The first-order valence-electron chi connectivity index (χ1n) is 17.7. The topological polar surface area (TPSA) is 38.9 Å². The van der Waals surface area contributed by atoms with E-state index in [1.807, 2.05) is 18.2 Å². The Kier molecular flexibility index (Phi) is 6.17. The molecule has 0 fully saturated rings. The highest BCUT2D eigenvalue weighted by Crippen LogP contribution is 2.56. The Labute approximate surface area is 300 Å². The molecule has 0 atom stereocenters. The fraction of sp³-hybridized carbons (Fsp3) is 0.0204. The number of hydrogen-bond acceptors (Lipinski definition) is 3. The summed E-state index contributed by atoms with van der Waals surface area (Å²) in [5.74, 6) is 0.710. The Morgan fingerprint density at radius 1 is 0.404 bits per heavy atom. The van der Waals surface area contributed by atoms with Crippen molar-refractivity contribution in [1.82, 2.24) is 9.97 Å². The maximum atomic E-state index is 6.30. The molecule has 0 unspecified atom stereocenters. The van der Waals surface area contributed by atoms with Crippen LogP contribution in [0.3, 0.4) is 0 Å². The van der Waals surface area contributed by atoms with E-state index in [-0.39, 0.29) is 0 Å². The number of hydrogen-bond donors (Lipinski definition) is 0. The molecule has 1 aliphatic carbocycles. The van der Waals surface area contributed by atoms with Crippen LogP contribution >= 0.6 is 0 Å². The summed E-state index contributed by atoms with van der Waals surface area (Å²) in [4.78, 5) is 10.5. The molecule has 52 heavy (non-hydrogen) atoms. The maximum absolute atomic E-state index is 6.30. The van der Waals surface area contributed by atoms with Gasteiger partial charge in [0.25, 0.3) is 0 Å². The number of rotatable bonds is 4. The average molecular weight is 663 g/mol. The number of para-hydroxylation sites is 1. The normalized spacial score (nSPS) is 13.2. The SMILES string of the molecule is c1ccc(-c2nc(-c3ccc(C4(c5ccc6oc7ccccc7c6c5)c5ccccc5-c5ccccc54)cc3)nc3c2ccc2ccccc23)cc1. The van der Waals surface area contributed by atoms with Crippen LogP contribution in [0.1, 0.15) is 22.3 Å². The molecule has 8 aromatic carbocycles. The standard InChI is InChI=1S/C49H30N2O/c1-2-13-32(14-3-1)46-40-28-24-31-12-4-5-15-36(31)47(40)51-48(50-46)33-22-25-34(26-23-33)49(42-19-9-6-16-37(42)38-17-7-10-20-43(38)49)35-27-29-45-41(30-35)39-18-8-11-21-44(39)52-45/h1-30H. The summed E-state index contributed by atoms with van der Waals surface area (Å²) < 4.78 is 6.30. The Morgan fingerprint density at radius 2 is 1.04 bits per heavy atom. The minimum absolute atomic E-state index is 0.548. The predicted molar refractivity (Wildman–Crippen MR) is 212 cm³/mol. The first kappa shape index (κ1) is 28.9. The van der Waals surface area contributed by atoms with Gasteiger partial charge in [0.05, 0.1) is 16.6 Å². The van der Waals surface area contributed by atoms with Crippen LogP contribution in [0.5, 0.6) is 0 Å². The molecule has 0 saturated heterocycles. The van der Waals surface area contributed by atoms with Crippen LogP contribution in [0.25, 0.3) is 77.4 Å². The molecule has 0 spiro atoms. The van der Waals surface area contributed by atoms with Crippen LogP contribution in [0.15, 0.2) is 186 Å². The van der Waals surface area contributed by atoms with Crippen molar-refractivity contribution in [2.75, 3.05) is 0 Å². The van der Waals surface area contributed by atoms with Crippen LogP contribution in [-0.4, -0.2) is 9.97 Å². The fourth-order valence-electron chi connectivity index (χ4n) is 8.66. The van der Waals surface area contributed by atoms with Gasteiger partial charge >= 0.3 is 0 Å². The first-order valence-corrected chi connectivity index (χ1v) is 17.7. The molecule has 0 aliphatic heterocycles. The van der Waals surface area contributed by atoms with Crippen LogP contribution in [0, 0.1) is 0 Å². The summed E-state index contributed by atoms with van der Waals surface area (Å²) in [7, 11) is 0. The van der Waals surface area contributed by atoms with Crippen molar-refractivity contribution in [2.24, 2.45) is 0 Å². The number of fused-ring (bicyclic) bond motifs is 9. The third-order valence-electron chi connectivity index (χ3n) is 11.0. The molecule has 2 aromatic heterocycles. The van der Waals surface area contributed by atoms with E-state index in [0.717, 1.165) is 60.4 Å². The van der Waals surface area contributed by atoms with Gasteiger partial charge in [-0.15, -0.1) is 0 Å². The van der Waals surface area contributed by atoms with Crippen LogP contribution < -0.4 is 0 Å². The Bertz CT molecular complexity index is 2970. The van der Waals surface area contributed by atoms with Crippen molar-refractivity contribution in [1.29, 1.82) is 0 Å². The highest BCUT2D eigenvalue weighted by atomic mass is 16.3. The van der Waals surface area contributed by atoms with Gasteiger partial charge in [0.1, 0.15) is 11.2 Å². The van der Waals surface area contributed by atoms with Crippen molar-refractivity contribution in [2.45, 2.75) is 5.41 Å². The van der Waals surface area contributed by atoms with Crippen LogP contribution in [0.2, 0.25) is 0 Å². The number of nitrogens with zero attached hydrogens (tertiary/aromatic N) is 2. The first-order chi connectivity index (χ1) is 25.8. The molecule has 1 aliphatic rings. The second kappa shape index (κ2) is 11.1. The van der Waals surface area contributed by atoms with Crippen molar-refractivity contribution in [3.05, 3.63) is 204 Å². The van der Waals surface area contributed by atoms with Gasteiger partial charge in [-0.25, -0.2) is 9.97 Å². The largest absolute Gasteiger partial charge is 0.456 e. The molecule has 10 aromatic rings. The van der Waals surface area contributed by atoms with Gasteiger partial charge in [-0.1, -0.05) is 158 Å². The van der Waals surface area contributed by atoms with Gasteiger partial charge in [0.15, 0.2) is 5.82 Å². The van der Waals surface area contributed by atoms with Crippen LogP contribution in [-0.2, 0) is 5.41 Å². The molecule has 0 bridgehead atoms. The van der Waals surface area contributed by atoms with E-state index in [1.54, 1.807) is 0 Å². The summed E-state index contributed by atoms with van der Waals surface area (Å²) in [5.41, 5.74) is 12.7. The van der Waals surface area contributed by atoms with Crippen LogP contribution in [0.4, 0.5) is 0 Å². The van der Waals surface area contributed by atoms with Gasteiger partial charge in [0, 0.05) is 32.7 Å². The maximum Gasteiger partial charge on any atom is 0.160 e. The molecule has 11 rings (SSSR count). The lowest BCUT2D eigenvalue weighted by atomic mass is 9.67. The smallest absolute Gasteiger partial charge is 0.160 e. The molecule has 0 saturated carbocycles. The van der Waals surface area contributed by atoms with E-state index in [1.165, 1.54) is 33.4 Å². The van der Waals surface area contributed by atoms with E-state index < -0.39 is 5.41 Å². The molecular formula is C49H30N2O. The molecule has 3 heteroatoms. The zero-order valence-corrected chi connectivity index (χ0v) is 28.1. The van der Waals surface area contributed by atoms with Crippen molar-refractivity contribution < 1.29 is 4.42 Å². The van der Waals surface area contributed by atoms with E-state index in [2.05, 4.69) is 164 Å². The van der Waals surface area contributed by atoms with Gasteiger partial charge in [-0.3, -0.25) is 0 Å². The number of benzene rings is 8. The predicted octanol–water partition coefficient (Wildman–Crippen LogP) is 12.4. The van der Waals surface area contributed by atoms with Crippen molar-refractivity contribution >= 4 is 43.6 Å². The Balaban J connectivity index is 1.15.